The molecule has 0 atom stereocenters. The third-order valence-corrected chi connectivity index (χ3v) is 2.71. The van der Waals surface area contributed by atoms with E-state index in [9.17, 15) is 4.79 Å². The van der Waals surface area contributed by atoms with Crippen molar-refractivity contribution in [1.29, 1.82) is 0 Å². The van der Waals surface area contributed by atoms with Gasteiger partial charge < -0.3 is 4.42 Å². The first-order valence-electron chi connectivity index (χ1n) is 3.92. The van der Waals surface area contributed by atoms with E-state index in [4.69, 9.17) is 4.42 Å². The standard InChI is InChI=1S/C10H8O2S/c1-7-4-5-9(13-7)10(11)8-3-2-6-12-8/h2-6H,1H3. The molecular weight excluding hydrogens is 184 g/mol. The van der Waals surface area contributed by atoms with E-state index in [1.165, 1.54) is 17.6 Å². The molecule has 0 aliphatic heterocycles. The van der Waals surface area contributed by atoms with E-state index in [2.05, 4.69) is 0 Å². The van der Waals surface area contributed by atoms with Gasteiger partial charge in [-0.3, -0.25) is 4.79 Å². The Balaban J connectivity index is 2.33. The molecule has 0 bridgehead atoms. The number of ketones is 1. The molecule has 66 valence electrons. The Labute approximate surface area is 79.8 Å². The number of carbonyl (C=O) groups excluding carboxylic acids is 1. The fraction of sp³-hybridized carbons (Fsp3) is 0.100. The van der Waals surface area contributed by atoms with Crippen LogP contribution in [0.4, 0.5) is 0 Å². The lowest BCUT2D eigenvalue weighted by molar-refractivity contribution is 0.101. The normalized spacial score (nSPS) is 10.2. The predicted molar refractivity (Wildman–Crippen MR) is 51.2 cm³/mol. The zero-order chi connectivity index (χ0) is 9.26. The number of hydrogen-bond acceptors (Lipinski definition) is 3. The average Bonchev–Trinajstić information content (AvgIpc) is 2.72. The SMILES string of the molecule is Cc1ccc(C(=O)c2ccco2)s1. The molecule has 0 amide bonds. The van der Waals surface area contributed by atoms with Gasteiger partial charge in [-0.2, -0.15) is 0 Å². The maximum Gasteiger partial charge on any atom is 0.238 e. The summed E-state index contributed by atoms with van der Waals surface area (Å²) in [7, 11) is 0. The Morgan fingerprint density at radius 1 is 1.38 bits per heavy atom. The van der Waals surface area contributed by atoms with Gasteiger partial charge in [-0.25, -0.2) is 0 Å². The van der Waals surface area contributed by atoms with Crippen molar-refractivity contribution in [3.8, 4) is 0 Å². The molecule has 3 heteroatoms. The van der Waals surface area contributed by atoms with E-state index in [0.29, 0.717) is 5.76 Å². The zero-order valence-electron chi connectivity index (χ0n) is 7.11. The van der Waals surface area contributed by atoms with Crippen LogP contribution in [-0.4, -0.2) is 5.78 Å². The van der Waals surface area contributed by atoms with Gasteiger partial charge in [-0.1, -0.05) is 0 Å². The molecular formula is C10H8O2S. The number of furan rings is 1. The Morgan fingerprint density at radius 3 is 2.77 bits per heavy atom. The van der Waals surface area contributed by atoms with Crippen LogP contribution in [0, 0.1) is 6.92 Å². The summed E-state index contributed by atoms with van der Waals surface area (Å²) in [5.74, 6) is 0.366. The minimum atomic E-state index is -0.0388. The van der Waals surface area contributed by atoms with E-state index in [0.717, 1.165) is 9.75 Å². The fourth-order valence-electron chi connectivity index (χ4n) is 1.09. The highest BCUT2D eigenvalue weighted by atomic mass is 32.1. The van der Waals surface area contributed by atoms with E-state index in [1.54, 1.807) is 12.1 Å². The minimum absolute atomic E-state index is 0.0388. The number of thiophene rings is 1. The van der Waals surface area contributed by atoms with Crippen LogP contribution in [0.2, 0.25) is 0 Å². The van der Waals surface area contributed by atoms with Gasteiger partial charge in [0.15, 0.2) is 5.76 Å². The van der Waals surface area contributed by atoms with Gasteiger partial charge in [-0.05, 0) is 31.2 Å². The molecule has 0 unspecified atom stereocenters. The van der Waals surface area contributed by atoms with E-state index in [-0.39, 0.29) is 5.78 Å². The fourth-order valence-corrected chi connectivity index (χ4v) is 1.90. The maximum atomic E-state index is 11.6. The topological polar surface area (TPSA) is 30.2 Å². The van der Waals surface area contributed by atoms with E-state index >= 15 is 0 Å². The van der Waals surface area contributed by atoms with Gasteiger partial charge >= 0.3 is 0 Å². The summed E-state index contributed by atoms with van der Waals surface area (Å²) in [6, 6.07) is 7.15. The third-order valence-electron chi connectivity index (χ3n) is 1.71. The zero-order valence-corrected chi connectivity index (χ0v) is 7.93. The highest BCUT2D eigenvalue weighted by Crippen LogP contribution is 2.19. The summed E-state index contributed by atoms with van der Waals surface area (Å²) in [5.41, 5.74) is 0. The Morgan fingerprint density at radius 2 is 2.23 bits per heavy atom. The highest BCUT2D eigenvalue weighted by molar-refractivity contribution is 7.14. The second-order valence-electron chi connectivity index (χ2n) is 2.72. The van der Waals surface area contributed by atoms with Crippen LogP contribution in [0.5, 0.6) is 0 Å². The molecule has 2 nitrogen and oxygen atoms in total. The number of rotatable bonds is 2. The van der Waals surface area contributed by atoms with Gasteiger partial charge in [-0.15, -0.1) is 11.3 Å². The summed E-state index contributed by atoms with van der Waals surface area (Å²) < 4.78 is 5.02. The van der Waals surface area contributed by atoms with Crippen LogP contribution < -0.4 is 0 Å². The summed E-state index contributed by atoms with van der Waals surface area (Å²) in [4.78, 5) is 13.5. The molecule has 0 saturated carbocycles. The second-order valence-corrected chi connectivity index (χ2v) is 4.00. The first-order chi connectivity index (χ1) is 6.27. The molecule has 0 saturated heterocycles. The van der Waals surface area contributed by atoms with E-state index < -0.39 is 0 Å². The molecule has 0 N–H and O–H groups in total. The Bertz CT molecular complexity index is 412. The van der Waals surface area contributed by atoms with Crippen molar-refractivity contribution in [3.05, 3.63) is 46.0 Å². The molecule has 0 spiro atoms. The van der Waals surface area contributed by atoms with Gasteiger partial charge in [0.25, 0.3) is 0 Å². The predicted octanol–water partition coefficient (Wildman–Crippen LogP) is 2.88. The largest absolute Gasteiger partial charge is 0.461 e. The van der Waals surface area contributed by atoms with Crippen LogP contribution in [0.1, 0.15) is 20.3 Å². The first-order valence-corrected chi connectivity index (χ1v) is 4.73. The minimum Gasteiger partial charge on any atom is -0.461 e. The summed E-state index contributed by atoms with van der Waals surface area (Å²) in [5, 5.41) is 0. The van der Waals surface area contributed by atoms with Crippen LogP contribution >= 0.6 is 11.3 Å². The lowest BCUT2D eigenvalue weighted by atomic mass is 10.2. The molecule has 2 heterocycles. The van der Waals surface area contributed by atoms with Crippen molar-refractivity contribution >= 4 is 17.1 Å². The maximum absolute atomic E-state index is 11.6. The smallest absolute Gasteiger partial charge is 0.238 e. The number of aryl methyl sites for hydroxylation is 1. The monoisotopic (exact) mass is 192 g/mol. The molecule has 2 rings (SSSR count). The molecule has 0 aliphatic carbocycles. The molecule has 0 aromatic carbocycles. The van der Waals surface area contributed by atoms with Crippen molar-refractivity contribution < 1.29 is 9.21 Å². The van der Waals surface area contributed by atoms with Crippen molar-refractivity contribution in [3.63, 3.8) is 0 Å². The summed E-state index contributed by atoms with van der Waals surface area (Å²) in [6.07, 6.45) is 1.51. The average molecular weight is 192 g/mol. The molecule has 2 aromatic rings. The van der Waals surface area contributed by atoms with Gasteiger partial charge in [0, 0.05) is 4.88 Å². The lowest BCUT2D eigenvalue weighted by Gasteiger charge is -1.90. The van der Waals surface area contributed by atoms with Gasteiger partial charge in [0.2, 0.25) is 5.78 Å². The molecule has 0 aliphatic rings. The van der Waals surface area contributed by atoms with Crippen molar-refractivity contribution in [2.24, 2.45) is 0 Å². The van der Waals surface area contributed by atoms with Crippen LogP contribution in [-0.2, 0) is 0 Å². The molecule has 13 heavy (non-hydrogen) atoms. The molecule has 0 fully saturated rings. The third kappa shape index (κ3) is 1.55. The van der Waals surface area contributed by atoms with Gasteiger partial charge in [0.05, 0.1) is 11.1 Å². The van der Waals surface area contributed by atoms with E-state index in [1.807, 2.05) is 19.1 Å². The Kier molecular flexibility index (Phi) is 2.02. The van der Waals surface area contributed by atoms with Gasteiger partial charge in [0.1, 0.15) is 0 Å². The van der Waals surface area contributed by atoms with Crippen molar-refractivity contribution in [1.82, 2.24) is 0 Å². The number of hydrogen-bond donors (Lipinski definition) is 0. The quantitative estimate of drug-likeness (QED) is 0.685. The first kappa shape index (κ1) is 8.26. The van der Waals surface area contributed by atoms with Crippen LogP contribution in [0.15, 0.2) is 34.9 Å². The Hall–Kier alpha value is -1.35. The van der Waals surface area contributed by atoms with Crippen LogP contribution in [0.25, 0.3) is 0 Å². The molecule has 2 aromatic heterocycles. The highest BCUT2D eigenvalue weighted by Gasteiger charge is 2.12. The summed E-state index contributed by atoms with van der Waals surface area (Å²) >= 11 is 1.48. The van der Waals surface area contributed by atoms with Crippen molar-refractivity contribution in [2.75, 3.05) is 0 Å². The molecule has 0 radical (unpaired) electrons. The van der Waals surface area contributed by atoms with Crippen LogP contribution in [0.3, 0.4) is 0 Å². The number of carbonyl (C=O) groups is 1. The second kappa shape index (κ2) is 3.18. The lowest BCUT2D eigenvalue weighted by Crippen LogP contribution is -1.95. The summed E-state index contributed by atoms with van der Waals surface area (Å²) in [6.45, 7) is 1.98. The van der Waals surface area contributed by atoms with Crippen molar-refractivity contribution in [2.45, 2.75) is 6.92 Å².